The van der Waals surface area contributed by atoms with Gasteiger partial charge in [-0.2, -0.15) is 0 Å². The lowest BCUT2D eigenvalue weighted by molar-refractivity contribution is 0.0696. The zero-order valence-corrected chi connectivity index (χ0v) is 12.6. The average Bonchev–Trinajstić information content (AvgIpc) is 2.91. The Hall–Kier alpha value is -2.08. The normalized spacial score (nSPS) is 13.9. The van der Waals surface area contributed by atoms with Crippen molar-refractivity contribution in [2.45, 2.75) is 12.8 Å². The first-order valence-corrected chi connectivity index (χ1v) is 7.29. The molecule has 5 nitrogen and oxygen atoms in total. The van der Waals surface area contributed by atoms with Gasteiger partial charge in [0.2, 0.25) is 0 Å². The second-order valence-corrected chi connectivity index (χ2v) is 5.59. The Bertz CT molecular complexity index is 722. The molecule has 0 unspecified atom stereocenters. The molecule has 2 aromatic rings. The monoisotopic (exact) mass is 349 g/mol. The maximum absolute atomic E-state index is 12.5. The standard InChI is InChI=1S/C15H12BrNO4/c16-13-6-5-12(21-13)14(18)17-7-1-2-9-8-10(15(19)20)3-4-11(9)17/h3-6,8H,1-2,7H2,(H,19,20). The Balaban J connectivity index is 1.97. The average molecular weight is 350 g/mol. The first-order valence-electron chi connectivity index (χ1n) is 6.49. The first kappa shape index (κ1) is 13.9. The van der Waals surface area contributed by atoms with Crippen molar-refractivity contribution in [1.29, 1.82) is 0 Å². The van der Waals surface area contributed by atoms with E-state index in [1.165, 1.54) is 6.07 Å². The molecule has 1 aromatic heterocycles. The first-order chi connectivity index (χ1) is 10.1. The highest BCUT2D eigenvalue weighted by Crippen LogP contribution is 2.30. The van der Waals surface area contributed by atoms with Gasteiger partial charge in [0.05, 0.1) is 5.56 Å². The fourth-order valence-corrected chi connectivity index (χ4v) is 2.81. The second kappa shape index (κ2) is 5.37. The van der Waals surface area contributed by atoms with Crippen molar-refractivity contribution in [3.63, 3.8) is 0 Å². The smallest absolute Gasteiger partial charge is 0.335 e. The van der Waals surface area contributed by atoms with E-state index in [4.69, 9.17) is 9.52 Å². The van der Waals surface area contributed by atoms with Crippen LogP contribution in [0.25, 0.3) is 0 Å². The Kier molecular flexibility index (Phi) is 3.55. The van der Waals surface area contributed by atoms with Gasteiger partial charge in [-0.25, -0.2) is 4.79 Å². The molecular weight excluding hydrogens is 338 g/mol. The lowest BCUT2D eigenvalue weighted by atomic mass is 9.99. The number of hydrogen-bond acceptors (Lipinski definition) is 3. The van der Waals surface area contributed by atoms with Gasteiger partial charge < -0.3 is 14.4 Å². The molecule has 1 aromatic carbocycles. The van der Waals surface area contributed by atoms with Crippen LogP contribution in [-0.2, 0) is 6.42 Å². The molecule has 0 spiro atoms. The number of carboxylic acid groups (broad SMARTS) is 1. The third-order valence-corrected chi connectivity index (χ3v) is 3.90. The summed E-state index contributed by atoms with van der Waals surface area (Å²) in [6.45, 7) is 0.594. The highest BCUT2D eigenvalue weighted by atomic mass is 79.9. The van der Waals surface area contributed by atoms with Crippen LogP contribution in [-0.4, -0.2) is 23.5 Å². The topological polar surface area (TPSA) is 70.8 Å². The van der Waals surface area contributed by atoms with Gasteiger partial charge in [-0.05, 0) is 64.7 Å². The molecule has 6 heteroatoms. The highest BCUT2D eigenvalue weighted by Gasteiger charge is 2.26. The molecule has 1 aliphatic rings. The van der Waals surface area contributed by atoms with Crippen LogP contribution in [0.1, 0.15) is 32.9 Å². The van der Waals surface area contributed by atoms with Crippen LogP contribution < -0.4 is 4.90 Å². The van der Waals surface area contributed by atoms with Gasteiger partial charge in [-0.1, -0.05) is 0 Å². The molecule has 21 heavy (non-hydrogen) atoms. The van der Waals surface area contributed by atoms with Crippen LogP contribution in [0.15, 0.2) is 39.4 Å². The summed E-state index contributed by atoms with van der Waals surface area (Å²) in [4.78, 5) is 25.1. The molecule has 0 saturated heterocycles. The van der Waals surface area contributed by atoms with Crippen LogP contribution in [0.5, 0.6) is 0 Å². The molecule has 0 saturated carbocycles. The Morgan fingerprint density at radius 2 is 2.05 bits per heavy atom. The number of nitrogens with zero attached hydrogens (tertiary/aromatic N) is 1. The van der Waals surface area contributed by atoms with E-state index in [0.29, 0.717) is 11.2 Å². The molecule has 0 bridgehead atoms. The third kappa shape index (κ3) is 2.58. The lowest BCUT2D eigenvalue weighted by Crippen LogP contribution is -2.35. The van der Waals surface area contributed by atoms with Crippen molar-refractivity contribution in [2.75, 3.05) is 11.4 Å². The molecule has 108 valence electrons. The van der Waals surface area contributed by atoms with Crippen LogP contribution >= 0.6 is 15.9 Å². The molecule has 1 aliphatic heterocycles. The van der Waals surface area contributed by atoms with E-state index in [2.05, 4.69) is 15.9 Å². The van der Waals surface area contributed by atoms with Gasteiger partial charge >= 0.3 is 5.97 Å². The summed E-state index contributed by atoms with van der Waals surface area (Å²) in [6, 6.07) is 8.13. The molecule has 3 rings (SSSR count). The number of rotatable bonds is 2. The number of amides is 1. The molecule has 0 fully saturated rings. The van der Waals surface area contributed by atoms with Crippen molar-refractivity contribution in [1.82, 2.24) is 0 Å². The van der Waals surface area contributed by atoms with Crippen LogP contribution in [0.3, 0.4) is 0 Å². The largest absolute Gasteiger partial charge is 0.478 e. The lowest BCUT2D eigenvalue weighted by Gasteiger charge is -2.29. The Morgan fingerprint density at radius 3 is 2.71 bits per heavy atom. The number of aryl methyl sites for hydroxylation is 1. The highest BCUT2D eigenvalue weighted by molar-refractivity contribution is 9.10. The summed E-state index contributed by atoms with van der Waals surface area (Å²) < 4.78 is 5.81. The summed E-state index contributed by atoms with van der Waals surface area (Å²) in [6.07, 6.45) is 1.56. The van der Waals surface area contributed by atoms with Crippen LogP contribution in [0.4, 0.5) is 5.69 Å². The maximum Gasteiger partial charge on any atom is 0.335 e. The van der Waals surface area contributed by atoms with Gasteiger partial charge in [-0.3, -0.25) is 4.79 Å². The number of aromatic carboxylic acids is 1. The van der Waals surface area contributed by atoms with E-state index < -0.39 is 5.97 Å². The molecule has 0 aliphatic carbocycles. The van der Waals surface area contributed by atoms with Gasteiger partial charge in [-0.15, -0.1) is 0 Å². The van der Waals surface area contributed by atoms with Crippen LogP contribution in [0, 0.1) is 0 Å². The predicted octanol–water partition coefficient (Wildman–Crippen LogP) is 3.33. The molecule has 0 radical (unpaired) electrons. The quantitative estimate of drug-likeness (QED) is 0.902. The van der Waals surface area contributed by atoms with Gasteiger partial charge in [0, 0.05) is 12.2 Å². The van der Waals surface area contributed by atoms with Crippen molar-refractivity contribution in [3.8, 4) is 0 Å². The van der Waals surface area contributed by atoms with E-state index in [0.717, 1.165) is 24.1 Å². The number of fused-ring (bicyclic) bond motifs is 1. The third-order valence-electron chi connectivity index (χ3n) is 3.47. The van der Waals surface area contributed by atoms with Crippen molar-refractivity contribution in [2.24, 2.45) is 0 Å². The SMILES string of the molecule is O=C(O)c1ccc2c(c1)CCCN2C(=O)c1ccc(Br)o1. The minimum absolute atomic E-state index is 0.218. The summed E-state index contributed by atoms with van der Waals surface area (Å²) >= 11 is 3.18. The zero-order chi connectivity index (χ0) is 15.0. The molecule has 0 atom stereocenters. The number of hydrogen-bond donors (Lipinski definition) is 1. The number of carbonyl (C=O) groups is 2. The fraction of sp³-hybridized carbons (Fsp3) is 0.200. The van der Waals surface area contributed by atoms with Crippen LogP contribution in [0.2, 0.25) is 0 Å². The molecular formula is C15H12BrNO4. The molecule has 1 amide bonds. The van der Waals surface area contributed by atoms with E-state index in [-0.39, 0.29) is 17.2 Å². The maximum atomic E-state index is 12.5. The number of halogens is 1. The van der Waals surface area contributed by atoms with E-state index in [1.807, 2.05) is 0 Å². The van der Waals surface area contributed by atoms with Crippen molar-refractivity contribution < 1.29 is 19.1 Å². The van der Waals surface area contributed by atoms with E-state index >= 15 is 0 Å². The Labute approximate surface area is 129 Å². The summed E-state index contributed by atoms with van der Waals surface area (Å²) in [7, 11) is 0. The molecule has 1 N–H and O–H groups in total. The van der Waals surface area contributed by atoms with Gasteiger partial charge in [0.15, 0.2) is 10.4 Å². The Morgan fingerprint density at radius 1 is 1.24 bits per heavy atom. The summed E-state index contributed by atoms with van der Waals surface area (Å²) in [5.41, 5.74) is 1.87. The fourth-order valence-electron chi connectivity index (χ4n) is 2.50. The number of furan rings is 1. The number of anilines is 1. The second-order valence-electron chi connectivity index (χ2n) is 4.81. The van der Waals surface area contributed by atoms with E-state index in [1.54, 1.807) is 29.2 Å². The van der Waals surface area contributed by atoms with E-state index in [9.17, 15) is 9.59 Å². The summed E-state index contributed by atoms with van der Waals surface area (Å²) in [5.74, 6) is -0.919. The number of carboxylic acids is 1. The minimum Gasteiger partial charge on any atom is -0.478 e. The van der Waals surface area contributed by atoms with Gasteiger partial charge in [0.1, 0.15) is 0 Å². The molecule has 2 heterocycles. The predicted molar refractivity (Wildman–Crippen MR) is 79.8 cm³/mol. The number of benzene rings is 1. The summed E-state index contributed by atoms with van der Waals surface area (Å²) in [5, 5.41) is 9.04. The van der Waals surface area contributed by atoms with Crippen molar-refractivity contribution >= 4 is 33.5 Å². The van der Waals surface area contributed by atoms with Gasteiger partial charge in [0.25, 0.3) is 5.91 Å². The number of carbonyl (C=O) groups excluding carboxylic acids is 1. The minimum atomic E-state index is -0.962. The zero-order valence-electron chi connectivity index (χ0n) is 11.0. The van der Waals surface area contributed by atoms with Crippen molar-refractivity contribution in [3.05, 3.63) is 51.9 Å².